The first kappa shape index (κ1) is 13.5. The van der Waals surface area contributed by atoms with Crippen molar-refractivity contribution in [3.8, 4) is 11.5 Å². The van der Waals surface area contributed by atoms with Gasteiger partial charge in [0.2, 0.25) is 0 Å². The van der Waals surface area contributed by atoms with Crippen molar-refractivity contribution >= 4 is 10.9 Å². The molecule has 1 heterocycles. The second-order valence-corrected chi connectivity index (χ2v) is 4.85. The Hall–Kier alpha value is -2.49. The predicted octanol–water partition coefficient (Wildman–Crippen LogP) is 4.08. The summed E-state index contributed by atoms with van der Waals surface area (Å²) < 4.78 is 20.6. The van der Waals surface area contributed by atoms with Crippen LogP contribution in [-0.4, -0.2) is 9.67 Å². The average molecular weight is 285 g/mol. The van der Waals surface area contributed by atoms with E-state index in [4.69, 9.17) is 4.74 Å². The maximum atomic E-state index is 12.9. The molecule has 1 aromatic heterocycles. The topological polar surface area (TPSA) is 34.4 Å². The number of ether oxygens (including phenoxy) is 1. The number of hydrogen-bond donors (Lipinski definition) is 1. The van der Waals surface area contributed by atoms with Crippen LogP contribution >= 0.6 is 0 Å². The van der Waals surface area contributed by atoms with Crippen LogP contribution in [0.4, 0.5) is 4.39 Å². The van der Waals surface area contributed by atoms with Crippen LogP contribution in [0.1, 0.15) is 12.5 Å². The second-order valence-electron chi connectivity index (χ2n) is 4.85. The number of fused-ring (bicyclic) bond motifs is 1. The van der Waals surface area contributed by atoms with Crippen molar-refractivity contribution in [3.63, 3.8) is 0 Å². The highest BCUT2D eigenvalue weighted by atomic mass is 19.1. The van der Waals surface area contributed by atoms with Crippen molar-refractivity contribution < 1.29 is 14.2 Å². The van der Waals surface area contributed by atoms with Crippen molar-refractivity contribution in [2.24, 2.45) is 0 Å². The molecule has 0 radical (unpaired) electrons. The Labute approximate surface area is 122 Å². The number of phenols is 1. The molecule has 0 unspecified atom stereocenters. The molecule has 21 heavy (non-hydrogen) atoms. The van der Waals surface area contributed by atoms with Gasteiger partial charge in [0.05, 0.1) is 5.52 Å². The van der Waals surface area contributed by atoms with Crippen LogP contribution in [-0.2, 0) is 13.2 Å². The molecule has 0 amide bonds. The summed E-state index contributed by atoms with van der Waals surface area (Å²) in [7, 11) is 0. The number of rotatable bonds is 4. The van der Waals surface area contributed by atoms with Crippen LogP contribution in [0.2, 0.25) is 0 Å². The Morgan fingerprint density at radius 3 is 2.62 bits per heavy atom. The van der Waals surface area contributed by atoms with E-state index >= 15 is 0 Å². The van der Waals surface area contributed by atoms with Gasteiger partial charge in [0.15, 0.2) is 0 Å². The fourth-order valence-corrected chi connectivity index (χ4v) is 2.48. The van der Waals surface area contributed by atoms with Gasteiger partial charge in [-0.25, -0.2) is 4.39 Å². The molecule has 0 aliphatic carbocycles. The Morgan fingerprint density at radius 1 is 1.14 bits per heavy atom. The molecule has 2 aromatic carbocycles. The van der Waals surface area contributed by atoms with Gasteiger partial charge in [-0.15, -0.1) is 0 Å². The lowest BCUT2D eigenvalue weighted by Gasteiger charge is -2.05. The predicted molar refractivity (Wildman–Crippen MR) is 80.0 cm³/mol. The van der Waals surface area contributed by atoms with E-state index in [1.54, 1.807) is 18.2 Å². The van der Waals surface area contributed by atoms with Gasteiger partial charge in [-0.2, -0.15) is 0 Å². The van der Waals surface area contributed by atoms with Crippen molar-refractivity contribution in [2.45, 2.75) is 20.1 Å². The van der Waals surface area contributed by atoms with Gasteiger partial charge in [0.1, 0.15) is 23.9 Å². The summed E-state index contributed by atoms with van der Waals surface area (Å²) in [5, 5.41) is 10.9. The van der Waals surface area contributed by atoms with Crippen molar-refractivity contribution in [1.29, 1.82) is 0 Å². The molecule has 3 rings (SSSR count). The summed E-state index contributed by atoms with van der Waals surface area (Å²) in [5.74, 6) is 0.559. The highest BCUT2D eigenvalue weighted by Gasteiger charge is 2.11. The largest absolute Gasteiger partial charge is 0.507 e. The summed E-state index contributed by atoms with van der Waals surface area (Å²) >= 11 is 0. The quantitative estimate of drug-likeness (QED) is 0.783. The van der Waals surface area contributed by atoms with E-state index in [0.29, 0.717) is 12.4 Å². The zero-order valence-electron chi connectivity index (χ0n) is 11.7. The number of halogens is 1. The third-order valence-electron chi connectivity index (χ3n) is 3.51. The number of aromatic hydroxyl groups is 1. The maximum Gasteiger partial charge on any atom is 0.125 e. The average Bonchev–Trinajstić information content (AvgIpc) is 2.86. The Bertz CT molecular complexity index is 762. The standard InChI is InChI=1S/C17H16FNO2/c1-2-19-10-12(17-15(19)4-3-5-16(17)20)11-21-14-8-6-13(18)7-9-14/h3-10,20H,2,11H2,1H3. The van der Waals surface area contributed by atoms with E-state index in [9.17, 15) is 9.50 Å². The van der Waals surface area contributed by atoms with Crippen LogP contribution in [0.15, 0.2) is 48.7 Å². The van der Waals surface area contributed by atoms with E-state index in [-0.39, 0.29) is 11.6 Å². The lowest BCUT2D eigenvalue weighted by molar-refractivity contribution is 0.306. The van der Waals surface area contributed by atoms with Gasteiger partial charge < -0.3 is 14.4 Å². The monoisotopic (exact) mass is 285 g/mol. The first-order valence-corrected chi connectivity index (χ1v) is 6.87. The van der Waals surface area contributed by atoms with Crippen LogP contribution in [0.5, 0.6) is 11.5 Å². The minimum atomic E-state index is -0.289. The molecule has 0 fully saturated rings. The molecule has 3 aromatic rings. The van der Waals surface area contributed by atoms with E-state index in [0.717, 1.165) is 23.0 Å². The van der Waals surface area contributed by atoms with Gasteiger partial charge >= 0.3 is 0 Å². The first-order chi connectivity index (χ1) is 10.2. The molecular weight excluding hydrogens is 269 g/mol. The lowest BCUT2D eigenvalue weighted by atomic mass is 10.1. The molecule has 0 saturated heterocycles. The number of hydrogen-bond acceptors (Lipinski definition) is 2. The van der Waals surface area contributed by atoms with Gasteiger partial charge in [-0.05, 0) is 43.3 Å². The normalized spacial score (nSPS) is 11.0. The minimum Gasteiger partial charge on any atom is -0.507 e. The van der Waals surface area contributed by atoms with Gasteiger partial charge in [-0.3, -0.25) is 0 Å². The third-order valence-corrected chi connectivity index (χ3v) is 3.51. The first-order valence-electron chi connectivity index (χ1n) is 6.87. The molecule has 0 atom stereocenters. The summed E-state index contributed by atoms with van der Waals surface area (Å²) in [4.78, 5) is 0. The number of nitrogens with zero attached hydrogens (tertiary/aromatic N) is 1. The van der Waals surface area contributed by atoms with E-state index in [1.165, 1.54) is 12.1 Å². The van der Waals surface area contributed by atoms with Crippen molar-refractivity contribution in [1.82, 2.24) is 4.57 Å². The number of phenolic OH excluding ortho intramolecular Hbond substituents is 1. The molecule has 0 bridgehead atoms. The van der Waals surface area contributed by atoms with Gasteiger partial charge in [0, 0.05) is 23.7 Å². The third kappa shape index (κ3) is 2.57. The van der Waals surface area contributed by atoms with Crippen LogP contribution < -0.4 is 4.74 Å². The highest BCUT2D eigenvalue weighted by Crippen LogP contribution is 2.30. The fourth-order valence-electron chi connectivity index (χ4n) is 2.48. The molecule has 3 nitrogen and oxygen atoms in total. The number of aryl methyl sites for hydroxylation is 1. The molecule has 1 N–H and O–H groups in total. The van der Waals surface area contributed by atoms with E-state index in [1.807, 2.05) is 25.3 Å². The van der Waals surface area contributed by atoms with Crippen LogP contribution in [0, 0.1) is 5.82 Å². The lowest BCUT2D eigenvalue weighted by Crippen LogP contribution is -1.95. The molecule has 0 spiro atoms. The molecule has 0 aliphatic heterocycles. The van der Waals surface area contributed by atoms with E-state index < -0.39 is 0 Å². The molecule has 0 saturated carbocycles. The summed E-state index contributed by atoms with van der Waals surface area (Å²) in [6, 6.07) is 11.4. The zero-order chi connectivity index (χ0) is 14.8. The molecule has 0 aliphatic rings. The highest BCUT2D eigenvalue weighted by molar-refractivity contribution is 5.89. The van der Waals surface area contributed by atoms with Gasteiger partial charge in [-0.1, -0.05) is 6.07 Å². The summed E-state index contributed by atoms with van der Waals surface area (Å²) in [6.45, 7) is 3.19. The summed E-state index contributed by atoms with van der Waals surface area (Å²) in [6.07, 6.45) is 1.98. The molecular formula is C17H16FNO2. The Morgan fingerprint density at radius 2 is 1.90 bits per heavy atom. The van der Waals surface area contributed by atoms with Crippen LogP contribution in [0.25, 0.3) is 10.9 Å². The smallest absolute Gasteiger partial charge is 0.125 e. The SMILES string of the molecule is CCn1cc(COc2ccc(F)cc2)c2c(O)cccc21. The minimum absolute atomic E-state index is 0.248. The zero-order valence-corrected chi connectivity index (χ0v) is 11.7. The second kappa shape index (κ2) is 5.48. The van der Waals surface area contributed by atoms with E-state index in [2.05, 4.69) is 4.57 Å². The maximum absolute atomic E-state index is 12.9. The van der Waals surface area contributed by atoms with Crippen molar-refractivity contribution in [3.05, 3.63) is 60.0 Å². The Balaban J connectivity index is 1.91. The number of benzene rings is 2. The molecule has 108 valence electrons. The molecule has 4 heteroatoms. The fraction of sp³-hybridized carbons (Fsp3) is 0.176. The summed E-state index contributed by atoms with van der Waals surface area (Å²) in [5.41, 5.74) is 1.89. The number of aromatic nitrogens is 1. The van der Waals surface area contributed by atoms with Crippen molar-refractivity contribution in [2.75, 3.05) is 0 Å². The van der Waals surface area contributed by atoms with Crippen LogP contribution in [0.3, 0.4) is 0 Å². The van der Waals surface area contributed by atoms with Gasteiger partial charge in [0.25, 0.3) is 0 Å². The Kier molecular flexibility index (Phi) is 3.52.